The maximum atomic E-state index is 13.2. The molecule has 2 aromatic rings. The summed E-state index contributed by atoms with van der Waals surface area (Å²) in [5.74, 6) is 0.452. The zero-order valence-electron chi connectivity index (χ0n) is 20.2. The van der Waals surface area contributed by atoms with Gasteiger partial charge in [0, 0.05) is 49.4 Å². The molecule has 2 saturated heterocycles. The molecule has 2 N–H and O–H groups in total. The SMILES string of the molecule is CON=C(c1ccc(C(F)(F)F)cc1)C1CCN(C(=O)C2CCN(Cc3cnc(N)nc3)CC2)CC1. The van der Waals surface area contributed by atoms with Gasteiger partial charge in [0.25, 0.3) is 0 Å². The second-order valence-electron chi connectivity index (χ2n) is 9.33. The normalized spacial score (nSPS) is 18.9. The molecule has 2 fully saturated rings. The average molecular weight is 505 g/mol. The van der Waals surface area contributed by atoms with Gasteiger partial charge in [0.1, 0.15) is 7.11 Å². The van der Waals surface area contributed by atoms with Crippen molar-refractivity contribution in [2.24, 2.45) is 17.0 Å². The van der Waals surface area contributed by atoms with Crippen molar-refractivity contribution < 1.29 is 22.8 Å². The Morgan fingerprint density at radius 1 is 1.03 bits per heavy atom. The molecule has 0 bridgehead atoms. The van der Waals surface area contributed by atoms with E-state index in [9.17, 15) is 18.0 Å². The molecule has 2 aliphatic heterocycles. The minimum absolute atomic E-state index is 0.00231. The molecular weight excluding hydrogens is 473 g/mol. The first kappa shape index (κ1) is 25.9. The summed E-state index contributed by atoms with van der Waals surface area (Å²) >= 11 is 0. The molecule has 3 heterocycles. The number of aromatic nitrogens is 2. The number of likely N-dealkylation sites (tertiary alicyclic amines) is 2. The summed E-state index contributed by atoms with van der Waals surface area (Å²) in [7, 11) is 1.43. The first-order valence-electron chi connectivity index (χ1n) is 12.1. The van der Waals surface area contributed by atoms with E-state index in [1.807, 2.05) is 4.90 Å². The fourth-order valence-corrected chi connectivity index (χ4v) is 4.97. The lowest BCUT2D eigenvalue weighted by molar-refractivity contribution is -0.138. The van der Waals surface area contributed by atoms with Crippen LogP contribution in [-0.2, 0) is 22.4 Å². The van der Waals surface area contributed by atoms with Crippen LogP contribution in [0.2, 0.25) is 0 Å². The molecule has 1 amide bonds. The Balaban J connectivity index is 1.29. The summed E-state index contributed by atoms with van der Waals surface area (Å²) in [6.07, 6.45) is 2.05. The Morgan fingerprint density at radius 3 is 2.17 bits per heavy atom. The number of carbonyl (C=O) groups excluding carboxylic acids is 1. The number of nitrogens with two attached hydrogens (primary N) is 1. The molecule has 4 rings (SSSR count). The van der Waals surface area contributed by atoms with Crippen LogP contribution < -0.4 is 5.73 Å². The third kappa shape index (κ3) is 6.31. The predicted molar refractivity (Wildman–Crippen MR) is 129 cm³/mol. The lowest BCUT2D eigenvalue weighted by atomic mass is 9.86. The van der Waals surface area contributed by atoms with E-state index in [4.69, 9.17) is 10.6 Å². The molecular formula is C25H31F3N6O2. The molecule has 8 nitrogen and oxygen atoms in total. The molecule has 1 aromatic carbocycles. The fraction of sp³-hybridized carbons (Fsp3) is 0.520. The summed E-state index contributed by atoms with van der Waals surface area (Å²) in [6, 6.07) is 4.99. The topological polar surface area (TPSA) is 96.9 Å². The third-order valence-electron chi connectivity index (χ3n) is 6.96. The molecule has 11 heteroatoms. The Bertz CT molecular complexity index is 1040. The summed E-state index contributed by atoms with van der Waals surface area (Å²) in [4.78, 5) is 30.4. The molecule has 36 heavy (non-hydrogen) atoms. The van der Waals surface area contributed by atoms with Gasteiger partial charge in [0.15, 0.2) is 0 Å². The van der Waals surface area contributed by atoms with Crippen LogP contribution in [0, 0.1) is 11.8 Å². The van der Waals surface area contributed by atoms with Gasteiger partial charge in [-0.1, -0.05) is 17.3 Å². The third-order valence-corrected chi connectivity index (χ3v) is 6.96. The number of anilines is 1. The summed E-state index contributed by atoms with van der Waals surface area (Å²) in [6.45, 7) is 3.58. The van der Waals surface area contributed by atoms with Crippen molar-refractivity contribution in [3.8, 4) is 0 Å². The van der Waals surface area contributed by atoms with Gasteiger partial charge in [-0.2, -0.15) is 13.2 Å². The molecule has 194 valence electrons. The van der Waals surface area contributed by atoms with Crippen LogP contribution in [0.1, 0.15) is 42.4 Å². The number of amides is 1. The maximum Gasteiger partial charge on any atom is 0.416 e. The minimum atomic E-state index is -4.39. The number of nitrogen functional groups attached to an aromatic ring is 1. The molecule has 0 unspecified atom stereocenters. The molecule has 0 aliphatic carbocycles. The van der Waals surface area contributed by atoms with Crippen molar-refractivity contribution in [2.75, 3.05) is 39.0 Å². The van der Waals surface area contributed by atoms with Gasteiger partial charge in [0.05, 0.1) is 11.3 Å². The first-order valence-corrected chi connectivity index (χ1v) is 12.1. The fourth-order valence-electron chi connectivity index (χ4n) is 4.97. The van der Waals surface area contributed by atoms with Gasteiger partial charge in [0.2, 0.25) is 11.9 Å². The van der Waals surface area contributed by atoms with Crippen molar-refractivity contribution in [1.82, 2.24) is 19.8 Å². The Labute approximate surface area is 208 Å². The highest BCUT2D eigenvalue weighted by Crippen LogP contribution is 2.31. The molecule has 0 saturated carbocycles. The van der Waals surface area contributed by atoms with Gasteiger partial charge >= 0.3 is 6.18 Å². The second-order valence-corrected chi connectivity index (χ2v) is 9.33. The number of carbonyl (C=O) groups is 1. The van der Waals surface area contributed by atoms with E-state index in [0.29, 0.717) is 37.2 Å². The first-order chi connectivity index (χ1) is 17.2. The van der Waals surface area contributed by atoms with Crippen molar-refractivity contribution >= 4 is 17.6 Å². The van der Waals surface area contributed by atoms with Crippen LogP contribution in [0.15, 0.2) is 41.8 Å². The highest BCUT2D eigenvalue weighted by atomic mass is 19.4. The number of rotatable bonds is 6. The number of alkyl halides is 3. The number of piperidine rings is 2. The zero-order chi connectivity index (χ0) is 25.7. The smallest absolute Gasteiger partial charge is 0.399 e. The van der Waals surface area contributed by atoms with E-state index in [1.165, 1.54) is 19.2 Å². The van der Waals surface area contributed by atoms with Gasteiger partial charge in [-0.3, -0.25) is 9.69 Å². The number of benzene rings is 1. The highest BCUT2D eigenvalue weighted by molar-refractivity contribution is 6.02. The summed E-state index contributed by atoms with van der Waals surface area (Å²) in [5, 5.41) is 4.13. The van der Waals surface area contributed by atoms with Crippen LogP contribution >= 0.6 is 0 Å². The standard InChI is InChI=1S/C25H31F3N6O2/c1-36-32-22(18-2-4-21(5-3-18)25(26,27)28)19-8-12-34(13-9-19)23(35)20-6-10-33(11-7-20)16-17-14-30-24(29)31-15-17/h2-5,14-15,19-20H,6-13,16H2,1H3,(H2,29,30,31). The van der Waals surface area contributed by atoms with Crippen LogP contribution in [-0.4, -0.2) is 64.7 Å². The molecule has 0 atom stereocenters. The molecule has 0 radical (unpaired) electrons. The Morgan fingerprint density at radius 2 is 1.61 bits per heavy atom. The van der Waals surface area contributed by atoms with Gasteiger partial charge < -0.3 is 15.5 Å². The highest BCUT2D eigenvalue weighted by Gasteiger charge is 2.33. The van der Waals surface area contributed by atoms with E-state index >= 15 is 0 Å². The van der Waals surface area contributed by atoms with Crippen LogP contribution in [0.4, 0.5) is 19.1 Å². The lowest BCUT2D eigenvalue weighted by Crippen LogP contribution is -2.46. The van der Waals surface area contributed by atoms with Gasteiger partial charge in [-0.15, -0.1) is 0 Å². The average Bonchev–Trinajstić information content (AvgIpc) is 2.88. The summed E-state index contributed by atoms with van der Waals surface area (Å²) < 4.78 is 38.8. The van der Waals surface area contributed by atoms with Crippen LogP contribution in [0.3, 0.4) is 0 Å². The van der Waals surface area contributed by atoms with Crippen molar-refractivity contribution in [1.29, 1.82) is 0 Å². The van der Waals surface area contributed by atoms with Crippen molar-refractivity contribution in [3.63, 3.8) is 0 Å². The van der Waals surface area contributed by atoms with E-state index in [-0.39, 0.29) is 23.7 Å². The number of hydrogen-bond acceptors (Lipinski definition) is 7. The second kappa shape index (κ2) is 11.2. The zero-order valence-corrected chi connectivity index (χ0v) is 20.2. The Kier molecular flexibility index (Phi) is 8.07. The summed E-state index contributed by atoms with van der Waals surface area (Å²) in [5.41, 5.74) is 7.07. The quantitative estimate of drug-likeness (QED) is 0.477. The largest absolute Gasteiger partial charge is 0.416 e. The van der Waals surface area contributed by atoms with Gasteiger partial charge in [-0.25, -0.2) is 9.97 Å². The van der Waals surface area contributed by atoms with Gasteiger partial charge in [-0.05, 0) is 56.5 Å². The number of hydrogen-bond donors (Lipinski definition) is 1. The van der Waals surface area contributed by atoms with E-state index in [1.54, 1.807) is 12.4 Å². The van der Waals surface area contributed by atoms with E-state index in [2.05, 4.69) is 20.0 Å². The van der Waals surface area contributed by atoms with Crippen LogP contribution in [0.5, 0.6) is 0 Å². The monoisotopic (exact) mass is 504 g/mol. The molecule has 1 aromatic heterocycles. The predicted octanol–water partition coefficient (Wildman–Crippen LogP) is 3.58. The molecule has 0 spiro atoms. The van der Waals surface area contributed by atoms with E-state index in [0.717, 1.165) is 50.2 Å². The maximum absolute atomic E-state index is 13.2. The van der Waals surface area contributed by atoms with Crippen molar-refractivity contribution in [3.05, 3.63) is 53.3 Å². The van der Waals surface area contributed by atoms with E-state index < -0.39 is 11.7 Å². The number of oxime groups is 1. The molecule has 2 aliphatic rings. The Hall–Kier alpha value is -3.21. The number of nitrogens with zero attached hydrogens (tertiary/aromatic N) is 5. The van der Waals surface area contributed by atoms with Crippen LogP contribution in [0.25, 0.3) is 0 Å². The van der Waals surface area contributed by atoms with Crippen molar-refractivity contribution in [2.45, 2.75) is 38.4 Å². The lowest BCUT2D eigenvalue weighted by Gasteiger charge is -2.37. The number of halogens is 3. The minimum Gasteiger partial charge on any atom is -0.399 e.